The first-order valence-electron chi connectivity index (χ1n) is 6.58. The monoisotopic (exact) mass is 272 g/mol. The van der Waals surface area contributed by atoms with Gasteiger partial charge in [-0.1, -0.05) is 18.2 Å². The molecule has 2 atom stereocenters. The summed E-state index contributed by atoms with van der Waals surface area (Å²) in [5.74, 6) is -1.98. The highest BCUT2D eigenvalue weighted by Crippen LogP contribution is 2.40. The van der Waals surface area contributed by atoms with Crippen molar-refractivity contribution in [3.63, 3.8) is 0 Å². The van der Waals surface area contributed by atoms with Crippen molar-refractivity contribution in [2.75, 3.05) is 6.54 Å². The lowest BCUT2D eigenvalue weighted by Crippen LogP contribution is -2.32. The quantitative estimate of drug-likeness (QED) is 0.883. The van der Waals surface area contributed by atoms with Crippen molar-refractivity contribution in [3.8, 4) is 6.07 Å². The van der Waals surface area contributed by atoms with Crippen LogP contribution in [0.15, 0.2) is 24.3 Å². The van der Waals surface area contributed by atoms with Gasteiger partial charge in [0.15, 0.2) is 0 Å². The van der Waals surface area contributed by atoms with Crippen LogP contribution in [0.5, 0.6) is 0 Å². The third-order valence-corrected chi connectivity index (χ3v) is 3.62. The number of carboxylic acid groups (broad SMARTS) is 1. The number of nitrogens with zero attached hydrogens (tertiary/aromatic N) is 2. The molecule has 0 spiro atoms. The minimum Gasteiger partial charge on any atom is -0.481 e. The van der Waals surface area contributed by atoms with Gasteiger partial charge >= 0.3 is 5.97 Å². The smallest absolute Gasteiger partial charge is 0.307 e. The Kier molecular flexibility index (Phi) is 4.04. The number of carbonyl (C=O) groups excluding carboxylic acids is 1. The van der Waals surface area contributed by atoms with Crippen LogP contribution in [0.25, 0.3) is 0 Å². The number of carbonyl (C=O) groups is 2. The van der Waals surface area contributed by atoms with Crippen molar-refractivity contribution in [3.05, 3.63) is 35.4 Å². The van der Waals surface area contributed by atoms with Gasteiger partial charge in [0.2, 0.25) is 5.91 Å². The zero-order chi connectivity index (χ0) is 14.7. The van der Waals surface area contributed by atoms with Crippen LogP contribution < -0.4 is 0 Å². The van der Waals surface area contributed by atoms with E-state index in [1.165, 1.54) is 0 Å². The number of amides is 1. The van der Waals surface area contributed by atoms with E-state index in [4.69, 9.17) is 10.4 Å². The largest absolute Gasteiger partial charge is 0.481 e. The van der Waals surface area contributed by atoms with Gasteiger partial charge in [0, 0.05) is 13.1 Å². The van der Waals surface area contributed by atoms with E-state index in [9.17, 15) is 9.59 Å². The molecular weight excluding hydrogens is 256 g/mol. The van der Waals surface area contributed by atoms with Gasteiger partial charge in [0.05, 0.1) is 23.5 Å². The minimum absolute atomic E-state index is 0.132. The molecule has 1 N–H and O–H groups in total. The number of aliphatic carboxylic acids is 1. The Morgan fingerprint density at radius 3 is 2.65 bits per heavy atom. The Balaban J connectivity index is 2.08. The van der Waals surface area contributed by atoms with E-state index in [1.807, 2.05) is 19.1 Å². The van der Waals surface area contributed by atoms with E-state index in [-0.39, 0.29) is 5.91 Å². The molecule has 0 bridgehead atoms. The van der Waals surface area contributed by atoms with Crippen molar-refractivity contribution in [2.24, 2.45) is 11.8 Å². The zero-order valence-corrected chi connectivity index (χ0v) is 11.2. The highest BCUT2D eigenvalue weighted by atomic mass is 16.4. The van der Waals surface area contributed by atoms with Crippen LogP contribution in [0.2, 0.25) is 0 Å². The maximum absolute atomic E-state index is 12.2. The Morgan fingerprint density at radius 2 is 2.10 bits per heavy atom. The molecule has 0 heterocycles. The maximum atomic E-state index is 12.2. The first-order chi connectivity index (χ1) is 9.58. The molecule has 0 saturated heterocycles. The normalized spacial score (nSPS) is 20.0. The summed E-state index contributed by atoms with van der Waals surface area (Å²) in [6.07, 6.45) is 0.421. The molecular formula is C15H16N2O3. The summed E-state index contributed by atoms with van der Waals surface area (Å²) >= 11 is 0. The number of rotatable bonds is 5. The van der Waals surface area contributed by atoms with Gasteiger partial charge in [0.25, 0.3) is 0 Å². The summed E-state index contributed by atoms with van der Waals surface area (Å²) in [4.78, 5) is 24.7. The molecule has 1 aliphatic carbocycles. The lowest BCUT2D eigenvalue weighted by molar-refractivity contribution is -0.142. The number of nitriles is 1. The Morgan fingerprint density at radius 1 is 1.40 bits per heavy atom. The molecule has 2 rings (SSSR count). The lowest BCUT2D eigenvalue weighted by atomic mass is 10.1. The van der Waals surface area contributed by atoms with Crippen molar-refractivity contribution in [2.45, 2.75) is 19.9 Å². The van der Waals surface area contributed by atoms with Crippen LogP contribution in [0.4, 0.5) is 0 Å². The van der Waals surface area contributed by atoms with E-state index in [1.54, 1.807) is 17.0 Å². The second kappa shape index (κ2) is 5.74. The number of hydrogen-bond acceptors (Lipinski definition) is 3. The van der Waals surface area contributed by atoms with Crippen LogP contribution in [0, 0.1) is 23.2 Å². The molecule has 1 aromatic carbocycles. The molecule has 5 nitrogen and oxygen atoms in total. The molecule has 0 radical (unpaired) electrons. The van der Waals surface area contributed by atoms with Crippen LogP contribution in [0.1, 0.15) is 24.5 Å². The van der Waals surface area contributed by atoms with E-state index in [2.05, 4.69) is 6.07 Å². The number of hydrogen-bond donors (Lipinski definition) is 1. The fraction of sp³-hybridized carbons (Fsp3) is 0.400. The maximum Gasteiger partial charge on any atom is 0.307 e. The number of benzene rings is 1. The van der Waals surface area contributed by atoms with E-state index >= 15 is 0 Å². The van der Waals surface area contributed by atoms with Crippen LogP contribution >= 0.6 is 0 Å². The predicted octanol–water partition coefficient (Wildman–Crippen LogP) is 1.63. The average Bonchev–Trinajstić information content (AvgIpc) is 3.25. The van der Waals surface area contributed by atoms with Crippen LogP contribution in [-0.4, -0.2) is 28.4 Å². The predicted molar refractivity (Wildman–Crippen MR) is 71.5 cm³/mol. The number of carboxylic acids is 1. The fourth-order valence-corrected chi connectivity index (χ4v) is 2.29. The van der Waals surface area contributed by atoms with E-state index < -0.39 is 17.8 Å². The fourth-order valence-electron chi connectivity index (χ4n) is 2.29. The second-order valence-electron chi connectivity index (χ2n) is 4.91. The first kappa shape index (κ1) is 14.1. The third-order valence-electron chi connectivity index (χ3n) is 3.62. The van der Waals surface area contributed by atoms with Gasteiger partial charge < -0.3 is 10.0 Å². The van der Waals surface area contributed by atoms with Crippen molar-refractivity contribution in [1.29, 1.82) is 5.26 Å². The SMILES string of the molecule is CCN(Cc1ccccc1C#N)C(=O)C1CC1C(=O)O. The second-order valence-corrected chi connectivity index (χ2v) is 4.91. The summed E-state index contributed by atoms with van der Waals surface area (Å²) < 4.78 is 0. The highest BCUT2D eigenvalue weighted by Gasteiger charge is 2.49. The highest BCUT2D eigenvalue weighted by molar-refractivity contribution is 5.89. The van der Waals surface area contributed by atoms with Crippen LogP contribution in [0.3, 0.4) is 0 Å². The van der Waals surface area contributed by atoms with Gasteiger partial charge in [-0.05, 0) is 25.0 Å². The van der Waals surface area contributed by atoms with E-state index in [0.29, 0.717) is 25.1 Å². The Bertz CT molecular complexity index is 577. The van der Waals surface area contributed by atoms with Gasteiger partial charge in [-0.2, -0.15) is 5.26 Å². The Hall–Kier alpha value is -2.35. The van der Waals surface area contributed by atoms with Crippen molar-refractivity contribution in [1.82, 2.24) is 4.90 Å². The third kappa shape index (κ3) is 2.80. The molecule has 1 aliphatic rings. The van der Waals surface area contributed by atoms with Gasteiger partial charge in [-0.3, -0.25) is 9.59 Å². The molecule has 2 unspecified atom stereocenters. The van der Waals surface area contributed by atoms with Gasteiger partial charge in [-0.25, -0.2) is 0 Å². The minimum atomic E-state index is -0.906. The summed E-state index contributed by atoms with van der Waals surface area (Å²) in [5.41, 5.74) is 1.34. The summed E-state index contributed by atoms with van der Waals surface area (Å²) in [6, 6.07) is 9.24. The van der Waals surface area contributed by atoms with Gasteiger partial charge in [0.1, 0.15) is 0 Å². The zero-order valence-electron chi connectivity index (χ0n) is 11.2. The molecule has 1 saturated carbocycles. The molecule has 1 aromatic rings. The van der Waals surface area contributed by atoms with Crippen LogP contribution in [-0.2, 0) is 16.1 Å². The Labute approximate surface area is 117 Å². The molecule has 1 amide bonds. The molecule has 20 heavy (non-hydrogen) atoms. The summed E-state index contributed by atoms with van der Waals surface area (Å²) in [7, 11) is 0. The summed E-state index contributed by atoms with van der Waals surface area (Å²) in [6.45, 7) is 2.70. The molecule has 0 aromatic heterocycles. The standard InChI is InChI=1S/C15H16N2O3/c1-2-17(14(18)12-7-13(12)15(19)20)9-11-6-4-3-5-10(11)8-16/h3-6,12-13H,2,7,9H2,1H3,(H,19,20). The summed E-state index contributed by atoms with van der Waals surface area (Å²) in [5, 5.41) is 17.9. The molecule has 1 fully saturated rings. The van der Waals surface area contributed by atoms with Crippen molar-refractivity contribution < 1.29 is 14.7 Å². The van der Waals surface area contributed by atoms with Gasteiger partial charge in [-0.15, -0.1) is 0 Å². The topological polar surface area (TPSA) is 81.4 Å². The molecule has 0 aliphatic heterocycles. The molecule has 5 heteroatoms. The van der Waals surface area contributed by atoms with Crippen molar-refractivity contribution >= 4 is 11.9 Å². The van der Waals surface area contributed by atoms with E-state index in [0.717, 1.165) is 5.56 Å². The molecule has 104 valence electrons. The average molecular weight is 272 g/mol. The first-order valence-corrected chi connectivity index (χ1v) is 6.58. The lowest BCUT2D eigenvalue weighted by Gasteiger charge is -2.21.